The molecule has 5 heteroatoms. The SMILES string of the molecule is CCCCN(CCCC)c1ccc(C2(c3c(C)n(CC)c4ccccc34)OC(=O)c3cccnc32)c(C)c1. The monoisotopic (exact) mass is 509 g/mol. The minimum absolute atomic E-state index is 0.322. The summed E-state index contributed by atoms with van der Waals surface area (Å²) in [5.41, 5.74) is 6.63. The van der Waals surface area contributed by atoms with Crippen molar-refractivity contribution in [3.8, 4) is 0 Å². The van der Waals surface area contributed by atoms with Gasteiger partial charge < -0.3 is 14.2 Å². The number of aromatic nitrogens is 2. The zero-order chi connectivity index (χ0) is 26.9. The molecule has 0 spiro atoms. The molecule has 0 bridgehead atoms. The quantitative estimate of drug-likeness (QED) is 0.207. The van der Waals surface area contributed by atoms with Crippen molar-refractivity contribution in [1.29, 1.82) is 0 Å². The zero-order valence-corrected chi connectivity index (χ0v) is 23.4. The lowest BCUT2D eigenvalue weighted by molar-refractivity contribution is 0.0244. The number of carbonyl (C=O) groups is 1. The molecule has 2 aromatic carbocycles. The number of hydrogen-bond donors (Lipinski definition) is 0. The third kappa shape index (κ3) is 4.09. The highest BCUT2D eigenvalue weighted by Gasteiger charge is 2.53. The summed E-state index contributed by atoms with van der Waals surface area (Å²) in [6.07, 6.45) is 6.44. The second-order valence-electron chi connectivity index (χ2n) is 10.4. The number of benzene rings is 2. The van der Waals surface area contributed by atoms with Crippen LogP contribution in [0.5, 0.6) is 0 Å². The Morgan fingerprint density at radius 2 is 1.68 bits per heavy atom. The Labute approximate surface area is 226 Å². The number of carbonyl (C=O) groups excluding carboxylic acids is 1. The maximum absolute atomic E-state index is 13.4. The van der Waals surface area contributed by atoms with Crippen LogP contribution in [0, 0.1) is 13.8 Å². The first-order chi connectivity index (χ1) is 18.5. The standard InChI is InChI=1S/C33H39N3O2/c1-6-9-20-35(21-10-7-2)25-17-18-28(23(4)22-25)33(31-27(32(37)38-33)15-13-19-34-31)30-24(5)36(8-3)29-16-12-11-14-26(29)30/h11-19,22H,6-10,20-21H2,1-5H3. The third-order valence-electron chi connectivity index (χ3n) is 8.02. The van der Waals surface area contributed by atoms with Crippen molar-refractivity contribution >= 4 is 22.6 Å². The number of aryl methyl sites for hydroxylation is 2. The van der Waals surface area contributed by atoms with Crippen LogP contribution in [0.4, 0.5) is 5.69 Å². The number of rotatable bonds is 10. The third-order valence-corrected chi connectivity index (χ3v) is 8.02. The van der Waals surface area contributed by atoms with Gasteiger partial charge in [-0.15, -0.1) is 0 Å². The fraction of sp³-hybridized carbons (Fsp3) is 0.394. The number of nitrogens with zero attached hydrogens (tertiary/aromatic N) is 3. The molecule has 4 aromatic rings. The Bertz CT molecular complexity index is 1460. The molecule has 5 rings (SSSR count). The molecule has 2 aromatic heterocycles. The molecule has 1 aliphatic heterocycles. The van der Waals surface area contributed by atoms with E-state index in [9.17, 15) is 4.79 Å². The number of unbranched alkanes of at least 4 members (excludes halogenated alkanes) is 2. The molecule has 0 N–H and O–H groups in total. The fourth-order valence-electron chi connectivity index (χ4n) is 6.17. The molecule has 1 aliphatic rings. The van der Waals surface area contributed by atoms with E-state index in [0.29, 0.717) is 11.3 Å². The highest BCUT2D eigenvalue weighted by Crippen LogP contribution is 2.51. The summed E-state index contributed by atoms with van der Waals surface area (Å²) in [6.45, 7) is 13.8. The van der Waals surface area contributed by atoms with Crippen LogP contribution in [-0.4, -0.2) is 28.6 Å². The molecule has 5 nitrogen and oxygen atoms in total. The molecule has 0 radical (unpaired) electrons. The molecule has 3 heterocycles. The average molecular weight is 510 g/mol. The van der Waals surface area contributed by atoms with Crippen LogP contribution in [0.15, 0.2) is 60.8 Å². The van der Waals surface area contributed by atoms with Gasteiger partial charge in [0, 0.05) is 59.2 Å². The van der Waals surface area contributed by atoms with Crippen LogP contribution in [0.3, 0.4) is 0 Å². The number of fused-ring (bicyclic) bond motifs is 2. The topological polar surface area (TPSA) is 47.4 Å². The second kappa shape index (κ2) is 10.6. The first-order valence-corrected chi connectivity index (χ1v) is 14.1. The number of hydrogen-bond acceptors (Lipinski definition) is 4. The van der Waals surface area contributed by atoms with Crippen LogP contribution in [-0.2, 0) is 16.9 Å². The van der Waals surface area contributed by atoms with Crippen LogP contribution < -0.4 is 4.90 Å². The first-order valence-electron chi connectivity index (χ1n) is 14.1. The molecule has 0 fully saturated rings. The van der Waals surface area contributed by atoms with Gasteiger partial charge in [0.1, 0.15) is 5.69 Å². The number of para-hydroxylation sites is 1. The smallest absolute Gasteiger partial charge is 0.341 e. The van der Waals surface area contributed by atoms with Gasteiger partial charge in [0.05, 0.1) is 5.56 Å². The molecule has 1 atom stereocenters. The average Bonchev–Trinajstić information content (AvgIpc) is 3.39. The van der Waals surface area contributed by atoms with Gasteiger partial charge in [-0.2, -0.15) is 0 Å². The highest BCUT2D eigenvalue weighted by atomic mass is 16.6. The number of pyridine rings is 1. The summed E-state index contributed by atoms with van der Waals surface area (Å²) in [7, 11) is 0. The lowest BCUT2D eigenvalue weighted by Gasteiger charge is -2.32. The maximum atomic E-state index is 13.4. The van der Waals surface area contributed by atoms with E-state index in [1.165, 1.54) is 31.4 Å². The van der Waals surface area contributed by atoms with Gasteiger partial charge in [0.2, 0.25) is 5.60 Å². The van der Waals surface area contributed by atoms with Crippen molar-refractivity contribution in [3.05, 3.63) is 94.4 Å². The van der Waals surface area contributed by atoms with Gasteiger partial charge in [0.25, 0.3) is 0 Å². The molecule has 198 valence electrons. The molecule has 0 saturated carbocycles. The Morgan fingerprint density at radius 3 is 2.37 bits per heavy atom. The van der Waals surface area contributed by atoms with Crippen LogP contribution >= 0.6 is 0 Å². The van der Waals surface area contributed by atoms with Crippen molar-refractivity contribution in [2.75, 3.05) is 18.0 Å². The zero-order valence-electron chi connectivity index (χ0n) is 23.4. The number of ether oxygens (including phenoxy) is 1. The summed E-state index contributed by atoms with van der Waals surface area (Å²) in [5, 5.41) is 1.09. The summed E-state index contributed by atoms with van der Waals surface area (Å²) < 4.78 is 8.83. The lowest BCUT2D eigenvalue weighted by atomic mass is 9.79. The lowest BCUT2D eigenvalue weighted by Crippen LogP contribution is -2.32. The predicted octanol–water partition coefficient (Wildman–Crippen LogP) is 7.54. The van der Waals surface area contributed by atoms with Gasteiger partial charge in [-0.3, -0.25) is 4.98 Å². The largest absolute Gasteiger partial charge is 0.439 e. The predicted molar refractivity (Wildman–Crippen MR) is 155 cm³/mol. The molecular formula is C33H39N3O2. The highest BCUT2D eigenvalue weighted by molar-refractivity contribution is 5.98. The first kappa shape index (κ1) is 26.0. The van der Waals surface area contributed by atoms with Crippen molar-refractivity contribution in [1.82, 2.24) is 9.55 Å². The Morgan fingerprint density at radius 1 is 0.947 bits per heavy atom. The molecule has 0 saturated heterocycles. The van der Waals surface area contributed by atoms with E-state index in [1.807, 2.05) is 12.1 Å². The van der Waals surface area contributed by atoms with Gasteiger partial charge in [0.15, 0.2) is 0 Å². The van der Waals surface area contributed by atoms with E-state index < -0.39 is 5.60 Å². The van der Waals surface area contributed by atoms with Crippen molar-refractivity contribution < 1.29 is 9.53 Å². The summed E-state index contributed by atoms with van der Waals surface area (Å²) in [5.74, 6) is -0.322. The fourth-order valence-corrected chi connectivity index (χ4v) is 6.17. The Balaban J connectivity index is 1.76. The van der Waals surface area contributed by atoms with E-state index in [1.54, 1.807) is 6.20 Å². The summed E-state index contributed by atoms with van der Waals surface area (Å²) in [6, 6.07) is 18.7. The summed E-state index contributed by atoms with van der Waals surface area (Å²) in [4.78, 5) is 20.7. The van der Waals surface area contributed by atoms with Crippen LogP contribution in [0.1, 0.15) is 84.9 Å². The Kier molecular flexibility index (Phi) is 7.29. The summed E-state index contributed by atoms with van der Waals surface area (Å²) >= 11 is 0. The Hall–Kier alpha value is -3.60. The molecule has 1 unspecified atom stereocenters. The minimum atomic E-state index is -1.11. The van der Waals surface area contributed by atoms with Gasteiger partial charge in [-0.25, -0.2) is 4.79 Å². The second-order valence-corrected chi connectivity index (χ2v) is 10.4. The van der Waals surface area contributed by atoms with Gasteiger partial charge in [-0.05, 0) is 69.5 Å². The molecule has 0 aliphatic carbocycles. The van der Waals surface area contributed by atoms with Crippen LogP contribution in [0.25, 0.3) is 10.9 Å². The molecular weight excluding hydrogens is 470 g/mol. The van der Waals surface area contributed by atoms with Crippen molar-refractivity contribution in [2.24, 2.45) is 0 Å². The van der Waals surface area contributed by atoms with E-state index in [4.69, 9.17) is 9.72 Å². The molecule has 0 amide bonds. The van der Waals surface area contributed by atoms with Gasteiger partial charge >= 0.3 is 5.97 Å². The maximum Gasteiger partial charge on any atom is 0.341 e. The van der Waals surface area contributed by atoms with Crippen molar-refractivity contribution in [3.63, 3.8) is 0 Å². The number of esters is 1. The minimum Gasteiger partial charge on any atom is -0.439 e. The number of anilines is 1. The molecule has 38 heavy (non-hydrogen) atoms. The normalized spacial score (nSPS) is 16.6. The van der Waals surface area contributed by atoms with Crippen molar-refractivity contribution in [2.45, 2.75) is 72.4 Å². The van der Waals surface area contributed by atoms with Gasteiger partial charge in [-0.1, -0.05) is 51.0 Å². The van der Waals surface area contributed by atoms with Crippen LogP contribution in [0.2, 0.25) is 0 Å². The number of cyclic esters (lactones) is 1. The van der Waals surface area contributed by atoms with E-state index in [0.717, 1.165) is 52.9 Å². The van der Waals surface area contributed by atoms with E-state index in [2.05, 4.69) is 86.6 Å². The van der Waals surface area contributed by atoms with E-state index >= 15 is 0 Å². The van der Waals surface area contributed by atoms with E-state index in [-0.39, 0.29) is 5.97 Å².